The number of ether oxygens (including phenoxy) is 1. The van der Waals surface area contributed by atoms with Gasteiger partial charge in [0.15, 0.2) is 5.92 Å². The Morgan fingerprint density at radius 2 is 2.22 bits per heavy atom. The lowest BCUT2D eigenvalue weighted by Gasteiger charge is -2.20. The van der Waals surface area contributed by atoms with E-state index >= 15 is 0 Å². The van der Waals surface area contributed by atoms with E-state index in [1.54, 1.807) is 19.1 Å². The number of likely N-dealkylation sites (N-methyl/N-ethyl adjacent to an activating group) is 1. The minimum atomic E-state index is -1.14. The van der Waals surface area contributed by atoms with Gasteiger partial charge in [-0.15, -0.1) is 0 Å². The van der Waals surface area contributed by atoms with Crippen LogP contribution in [0.5, 0.6) is 0 Å². The fraction of sp³-hybridized carbons (Fsp3) is 0.417. The summed E-state index contributed by atoms with van der Waals surface area (Å²) in [6.07, 6.45) is 1.43. The van der Waals surface area contributed by atoms with E-state index in [1.165, 1.54) is 18.2 Å². The highest BCUT2D eigenvalue weighted by atomic mass is 16.5. The molecule has 96 valence electrons. The van der Waals surface area contributed by atoms with Gasteiger partial charge in [-0.1, -0.05) is 0 Å². The second-order valence-electron chi connectivity index (χ2n) is 3.97. The lowest BCUT2D eigenvalue weighted by molar-refractivity contribution is -0.152. The second kappa shape index (κ2) is 4.64. The van der Waals surface area contributed by atoms with Gasteiger partial charge in [-0.25, -0.2) is 0 Å². The van der Waals surface area contributed by atoms with Crippen LogP contribution in [0.3, 0.4) is 0 Å². The Bertz CT molecular complexity index is 479. The number of furan rings is 1. The number of esters is 1. The topological polar surface area (TPSA) is 76.8 Å². The lowest BCUT2D eigenvalue weighted by atomic mass is 9.97. The van der Waals surface area contributed by atoms with Crippen molar-refractivity contribution in [3.8, 4) is 0 Å². The molecule has 6 heteroatoms. The van der Waals surface area contributed by atoms with Crippen LogP contribution in [0.15, 0.2) is 22.8 Å². The molecular weight excluding hydrogens is 238 g/mol. The van der Waals surface area contributed by atoms with Crippen molar-refractivity contribution < 1.29 is 23.5 Å². The first-order valence-corrected chi connectivity index (χ1v) is 5.59. The summed E-state index contributed by atoms with van der Waals surface area (Å²) in [7, 11) is 1.46. The molecule has 0 aromatic carbocycles. The predicted molar refractivity (Wildman–Crippen MR) is 59.3 cm³/mol. The van der Waals surface area contributed by atoms with Crippen LogP contribution in [0.25, 0.3) is 0 Å². The third kappa shape index (κ3) is 1.79. The molecule has 2 rings (SSSR count). The number of ketones is 1. The number of rotatable bonds is 3. The zero-order chi connectivity index (χ0) is 13.3. The molecule has 6 nitrogen and oxygen atoms in total. The Kier molecular flexibility index (Phi) is 3.18. The van der Waals surface area contributed by atoms with Crippen LogP contribution in [0.2, 0.25) is 0 Å². The Labute approximate surface area is 103 Å². The van der Waals surface area contributed by atoms with E-state index in [2.05, 4.69) is 0 Å². The molecule has 2 heterocycles. The molecular formula is C12H13NO5. The number of carbonyl (C=O) groups is 3. The third-order valence-electron chi connectivity index (χ3n) is 2.92. The molecule has 1 aromatic heterocycles. The van der Waals surface area contributed by atoms with Crippen molar-refractivity contribution in [3.05, 3.63) is 24.2 Å². The Morgan fingerprint density at radius 1 is 1.50 bits per heavy atom. The van der Waals surface area contributed by atoms with E-state index in [-0.39, 0.29) is 6.61 Å². The molecule has 0 bridgehead atoms. The fourth-order valence-corrected chi connectivity index (χ4v) is 2.08. The van der Waals surface area contributed by atoms with Gasteiger partial charge < -0.3 is 14.1 Å². The summed E-state index contributed by atoms with van der Waals surface area (Å²) in [5.41, 5.74) is 0. The van der Waals surface area contributed by atoms with E-state index in [4.69, 9.17) is 9.15 Å². The lowest BCUT2D eigenvalue weighted by Crippen LogP contribution is -2.28. The first-order chi connectivity index (χ1) is 8.57. The number of carbonyl (C=O) groups excluding carboxylic acids is 3. The summed E-state index contributed by atoms with van der Waals surface area (Å²) >= 11 is 0. The predicted octanol–water partition coefficient (Wildman–Crippen LogP) is 0.541. The summed E-state index contributed by atoms with van der Waals surface area (Å²) < 4.78 is 10.0. The van der Waals surface area contributed by atoms with Gasteiger partial charge in [0, 0.05) is 7.05 Å². The van der Waals surface area contributed by atoms with Gasteiger partial charge in [-0.05, 0) is 19.1 Å². The summed E-state index contributed by atoms with van der Waals surface area (Å²) in [6.45, 7) is 1.80. The van der Waals surface area contributed by atoms with Crippen LogP contribution >= 0.6 is 0 Å². The summed E-state index contributed by atoms with van der Waals surface area (Å²) in [5.74, 6) is -2.89. The standard InChI is InChI=1S/C12H13NO5/c1-3-17-12(16)8-9(7-5-4-6-18-7)13(2)11(15)10(8)14/h4-6,8-9H,3H2,1-2H3/t8-,9+/m1/s1. The van der Waals surface area contributed by atoms with Crippen molar-refractivity contribution in [2.45, 2.75) is 13.0 Å². The maximum Gasteiger partial charge on any atom is 0.319 e. The monoisotopic (exact) mass is 251 g/mol. The highest BCUT2D eigenvalue weighted by Crippen LogP contribution is 2.35. The van der Waals surface area contributed by atoms with Crippen LogP contribution in [0.1, 0.15) is 18.7 Å². The van der Waals surface area contributed by atoms with Crippen molar-refractivity contribution in [3.63, 3.8) is 0 Å². The number of likely N-dealkylation sites (tertiary alicyclic amines) is 1. The SMILES string of the molecule is CCOC(=O)[C@H]1C(=O)C(=O)N(C)[C@H]1c1ccco1. The zero-order valence-corrected chi connectivity index (χ0v) is 10.1. The van der Waals surface area contributed by atoms with E-state index in [9.17, 15) is 14.4 Å². The highest BCUT2D eigenvalue weighted by Gasteiger charge is 2.52. The zero-order valence-electron chi connectivity index (χ0n) is 10.1. The van der Waals surface area contributed by atoms with Crippen LogP contribution < -0.4 is 0 Å². The molecule has 1 saturated heterocycles. The fourth-order valence-electron chi connectivity index (χ4n) is 2.08. The minimum Gasteiger partial charge on any atom is -0.467 e. The normalized spacial score (nSPS) is 23.6. The van der Waals surface area contributed by atoms with Gasteiger partial charge in [-0.3, -0.25) is 14.4 Å². The first kappa shape index (κ1) is 12.3. The van der Waals surface area contributed by atoms with Crippen molar-refractivity contribution >= 4 is 17.7 Å². The smallest absolute Gasteiger partial charge is 0.319 e. The molecule has 1 aliphatic rings. The molecule has 0 radical (unpaired) electrons. The average Bonchev–Trinajstić information content (AvgIpc) is 2.92. The molecule has 0 saturated carbocycles. The van der Waals surface area contributed by atoms with Crippen LogP contribution in [-0.2, 0) is 19.1 Å². The third-order valence-corrected chi connectivity index (χ3v) is 2.92. The van der Waals surface area contributed by atoms with E-state index in [0.717, 1.165) is 0 Å². The van der Waals surface area contributed by atoms with Crippen LogP contribution in [-0.4, -0.2) is 36.2 Å². The van der Waals surface area contributed by atoms with Gasteiger partial charge in [0.1, 0.15) is 11.8 Å². The maximum absolute atomic E-state index is 11.8. The Balaban J connectivity index is 2.37. The maximum atomic E-state index is 11.8. The van der Waals surface area contributed by atoms with Crippen LogP contribution in [0, 0.1) is 5.92 Å². The molecule has 1 fully saturated rings. The number of nitrogens with zero attached hydrogens (tertiary/aromatic N) is 1. The van der Waals surface area contributed by atoms with Crippen molar-refractivity contribution in [2.75, 3.05) is 13.7 Å². The number of hydrogen-bond acceptors (Lipinski definition) is 5. The van der Waals surface area contributed by atoms with E-state index in [1.807, 2.05) is 0 Å². The Morgan fingerprint density at radius 3 is 2.78 bits per heavy atom. The van der Waals surface area contributed by atoms with Gasteiger partial charge >= 0.3 is 5.97 Å². The minimum absolute atomic E-state index is 0.158. The Hall–Kier alpha value is -2.11. The molecule has 1 aliphatic heterocycles. The van der Waals surface area contributed by atoms with Crippen LogP contribution in [0.4, 0.5) is 0 Å². The van der Waals surface area contributed by atoms with Gasteiger partial charge in [-0.2, -0.15) is 0 Å². The molecule has 2 atom stereocenters. The highest BCUT2D eigenvalue weighted by molar-refractivity contribution is 6.42. The molecule has 18 heavy (non-hydrogen) atoms. The van der Waals surface area contributed by atoms with Crippen molar-refractivity contribution in [1.82, 2.24) is 4.90 Å². The molecule has 1 amide bonds. The molecule has 1 aromatic rings. The average molecular weight is 251 g/mol. The summed E-state index contributed by atoms with van der Waals surface area (Å²) in [5, 5.41) is 0. The quantitative estimate of drug-likeness (QED) is 0.445. The van der Waals surface area contributed by atoms with E-state index < -0.39 is 29.6 Å². The summed E-state index contributed by atoms with van der Waals surface area (Å²) in [4.78, 5) is 36.5. The largest absolute Gasteiger partial charge is 0.467 e. The molecule has 0 unspecified atom stereocenters. The molecule has 0 aliphatic carbocycles. The molecule has 0 spiro atoms. The van der Waals surface area contributed by atoms with Gasteiger partial charge in [0.25, 0.3) is 5.91 Å². The molecule has 0 N–H and O–H groups in total. The van der Waals surface area contributed by atoms with Gasteiger partial charge in [0.2, 0.25) is 5.78 Å². The number of Topliss-reactive ketones (excluding diaryl/α,β-unsaturated/α-hetero) is 1. The van der Waals surface area contributed by atoms with Gasteiger partial charge in [0.05, 0.1) is 12.9 Å². The van der Waals surface area contributed by atoms with Crippen molar-refractivity contribution in [2.24, 2.45) is 5.92 Å². The number of hydrogen-bond donors (Lipinski definition) is 0. The van der Waals surface area contributed by atoms with E-state index in [0.29, 0.717) is 5.76 Å². The second-order valence-corrected chi connectivity index (χ2v) is 3.97. The number of amides is 1. The summed E-state index contributed by atoms with van der Waals surface area (Å²) in [6, 6.07) is 2.54. The van der Waals surface area contributed by atoms with Crippen molar-refractivity contribution in [1.29, 1.82) is 0 Å². The first-order valence-electron chi connectivity index (χ1n) is 5.59.